The highest BCUT2D eigenvalue weighted by Crippen LogP contribution is 1.97. The second kappa shape index (κ2) is 9.48. The van der Waals surface area contributed by atoms with Crippen LogP contribution in [0.4, 0.5) is 0 Å². The lowest BCUT2D eigenvalue weighted by molar-refractivity contribution is -0.285. The first kappa shape index (κ1) is 12.4. The van der Waals surface area contributed by atoms with Gasteiger partial charge in [-0.25, -0.2) is 0 Å². The molecular weight excluding hydrogens is 170 g/mol. The molecule has 0 aliphatic rings. The molecule has 0 aromatic rings. The molecule has 13 heavy (non-hydrogen) atoms. The molecule has 0 fully saturated rings. The summed E-state index contributed by atoms with van der Waals surface area (Å²) in [5.74, 6) is 0. The van der Waals surface area contributed by atoms with Gasteiger partial charge in [0.15, 0.2) is 0 Å². The van der Waals surface area contributed by atoms with Gasteiger partial charge < -0.3 is 14.3 Å². The van der Waals surface area contributed by atoms with Crippen molar-refractivity contribution < 1.29 is 14.3 Å². The maximum Gasteiger partial charge on any atom is 0.339 e. The Hall–Kier alpha value is -0.610. The first-order chi connectivity index (χ1) is 6.35. The van der Waals surface area contributed by atoms with Gasteiger partial charge in [-0.3, -0.25) is 0 Å². The van der Waals surface area contributed by atoms with Crippen molar-refractivity contribution in [2.24, 2.45) is 5.16 Å². The summed E-state index contributed by atoms with van der Waals surface area (Å²) >= 11 is 0. The largest absolute Gasteiger partial charge is 0.339 e. The van der Waals surface area contributed by atoms with E-state index in [2.05, 4.69) is 12.1 Å². The van der Waals surface area contributed by atoms with Crippen LogP contribution in [0.3, 0.4) is 0 Å². The molecule has 0 aliphatic heterocycles. The van der Waals surface area contributed by atoms with Gasteiger partial charge in [-0.15, -0.1) is 0 Å². The minimum atomic E-state index is -0.664. The van der Waals surface area contributed by atoms with Crippen LogP contribution in [0, 0.1) is 0 Å². The lowest BCUT2D eigenvalue weighted by Crippen LogP contribution is -2.18. The van der Waals surface area contributed by atoms with Crippen molar-refractivity contribution in [2.45, 2.75) is 40.1 Å². The average Bonchev–Trinajstić information content (AvgIpc) is 2.13. The molecule has 0 atom stereocenters. The summed E-state index contributed by atoms with van der Waals surface area (Å²) < 4.78 is 10.2. The Morgan fingerprint density at radius 2 is 1.77 bits per heavy atom. The van der Waals surface area contributed by atoms with E-state index in [1.165, 1.54) is 0 Å². The molecule has 0 rings (SSSR count). The summed E-state index contributed by atoms with van der Waals surface area (Å²) in [7, 11) is 0. The van der Waals surface area contributed by atoms with Gasteiger partial charge in [0.25, 0.3) is 0 Å². The Kier molecular flexibility index (Phi) is 9.03. The Bertz CT molecular complexity index is 122. The van der Waals surface area contributed by atoms with Gasteiger partial charge in [-0.2, -0.15) is 0 Å². The zero-order valence-corrected chi connectivity index (χ0v) is 8.66. The smallest absolute Gasteiger partial charge is 0.335 e. The fraction of sp³-hybridized carbons (Fsp3) is 0.889. The van der Waals surface area contributed by atoms with Crippen molar-refractivity contribution in [2.75, 3.05) is 13.2 Å². The second-order valence-corrected chi connectivity index (χ2v) is 2.38. The van der Waals surface area contributed by atoms with Gasteiger partial charge in [0, 0.05) is 6.21 Å². The summed E-state index contributed by atoms with van der Waals surface area (Å²) in [6, 6.07) is 0. The quantitative estimate of drug-likeness (QED) is 0.333. The van der Waals surface area contributed by atoms with Crippen LogP contribution < -0.4 is 0 Å². The fourth-order valence-electron chi connectivity index (χ4n) is 0.656. The number of rotatable bonds is 8. The first-order valence-corrected chi connectivity index (χ1v) is 4.75. The maximum absolute atomic E-state index is 5.10. The molecule has 0 radical (unpaired) electrons. The molecule has 0 aromatic heterocycles. The summed E-state index contributed by atoms with van der Waals surface area (Å²) in [6.45, 7) is 6.27. The lowest BCUT2D eigenvalue weighted by atomic mass is 10.4. The van der Waals surface area contributed by atoms with E-state index in [4.69, 9.17) is 14.3 Å². The van der Waals surface area contributed by atoms with E-state index in [-0.39, 0.29) is 0 Å². The van der Waals surface area contributed by atoms with E-state index in [0.717, 1.165) is 12.8 Å². The Balaban J connectivity index is 3.54. The molecule has 4 heteroatoms. The highest BCUT2D eigenvalue weighted by atomic mass is 16.9. The number of nitrogens with zero attached hydrogens (tertiary/aromatic N) is 1. The van der Waals surface area contributed by atoms with Gasteiger partial charge in [0.1, 0.15) is 0 Å². The monoisotopic (exact) mass is 189 g/mol. The molecule has 0 amide bonds. The summed E-state index contributed by atoms with van der Waals surface area (Å²) in [5.41, 5.74) is 0. The molecule has 78 valence electrons. The Morgan fingerprint density at radius 3 is 2.23 bits per heavy atom. The van der Waals surface area contributed by atoms with Crippen LogP contribution in [0.2, 0.25) is 0 Å². The number of hydrogen-bond acceptors (Lipinski definition) is 4. The van der Waals surface area contributed by atoms with E-state index in [0.29, 0.717) is 13.2 Å². The summed E-state index contributed by atoms with van der Waals surface area (Å²) in [5, 5.41) is 3.72. The zero-order valence-electron chi connectivity index (χ0n) is 8.66. The van der Waals surface area contributed by atoms with Crippen LogP contribution in [0.5, 0.6) is 0 Å². The number of hydrogen-bond donors (Lipinski definition) is 0. The van der Waals surface area contributed by atoms with E-state index in [1.54, 1.807) is 6.21 Å². The summed E-state index contributed by atoms with van der Waals surface area (Å²) in [4.78, 5) is 4.95. The Labute approximate surface area is 79.8 Å². The second-order valence-electron chi connectivity index (χ2n) is 2.38. The average molecular weight is 189 g/mol. The lowest BCUT2D eigenvalue weighted by Gasteiger charge is -2.13. The molecule has 0 unspecified atom stereocenters. The molecular formula is C9H19NO3. The molecule has 0 spiro atoms. The molecule has 0 N–H and O–H groups in total. The molecule has 0 aliphatic carbocycles. The van der Waals surface area contributed by atoms with Gasteiger partial charge in [-0.1, -0.05) is 18.5 Å². The minimum Gasteiger partial charge on any atom is -0.335 e. The molecule has 0 aromatic carbocycles. The van der Waals surface area contributed by atoms with E-state index >= 15 is 0 Å². The van der Waals surface area contributed by atoms with Crippen molar-refractivity contribution in [3.63, 3.8) is 0 Å². The number of oxime groups is 1. The van der Waals surface area contributed by atoms with Gasteiger partial charge >= 0.3 is 6.48 Å². The topological polar surface area (TPSA) is 40.0 Å². The third kappa shape index (κ3) is 7.74. The van der Waals surface area contributed by atoms with Crippen LogP contribution in [0.15, 0.2) is 5.16 Å². The fourth-order valence-corrected chi connectivity index (χ4v) is 0.656. The van der Waals surface area contributed by atoms with Crippen molar-refractivity contribution >= 4 is 6.21 Å². The van der Waals surface area contributed by atoms with E-state index in [9.17, 15) is 0 Å². The van der Waals surface area contributed by atoms with Gasteiger partial charge in [0.05, 0.1) is 13.2 Å². The molecule has 0 saturated heterocycles. The molecule has 4 nitrogen and oxygen atoms in total. The van der Waals surface area contributed by atoms with Crippen molar-refractivity contribution in [3.05, 3.63) is 0 Å². The van der Waals surface area contributed by atoms with Gasteiger partial charge in [0.2, 0.25) is 0 Å². The predicted octanol–water partition coefficient (Wildman–Crippen LogP) is 2.15. The summed E-state index contributed by atoms with van der Waals surface area (Å²) in [6.07, 6.45) is 3.68. The standard InChI is InChI=1S/C9H19NO3/c1-4-7-8-10-13-9(11-5-2)12-6-3/h8-9H,4-7H2,1-3H3/b10-8-. The minimum absolute atomic E-state index is 0.550. The normalized spacial score (nSPS) is 11.4. The van der Waals surface area contributed by atoms with Crippen LogP contribution in [0.25, 0.3) is 0 Å². The maximum atomic E-state index is 5.10. The van der Waals surface area contributed by atoms with Crippen LogP contribution >= 0.6 is 0 Å². The van der Waals surface area contributed by atoms with Crippen LogP contribution in [0.1, 0.15) is 33.6 Å². The van der Waals surface area contributed by atoms with Crippen LogP contribution in [-0.2, 0) is 14.3 Å². The number of unbranched alkanes of at least 4 members (excludes halogenated alkanes) is 1. The SMILES string of the molecule is CCC/C=N\OC(OCC)OCC. The van der Waals surface area contributed by atoms with Crippen LogP contribution in [-0.4, -0.2) is 25.9 Å². The highest BCUT2D eigenvalue weighted by molar-refractivity contribution is 5.55. The first-order valence-electron chi connectivity index (χ1n) is 4.75. The van der Waals surface area contributed by atoms with Gasteiger partial charge in [-0.05, 0) is 20.3 Å². The van der Waals surface area contributed by atoms with Crippen molar-refractivity contribution in [1.29, 1.82) is 0 Å². The zero-order chi connectivity index (χ0) is 9.94. The predicted molar refractivity (Wildman–Crippen MR) is 51.5 cm³/mol. The Morgan fingerprint density at radius 1 is 1.15 bits per heavy atom. The van der Waals surface area contributed by atoms with E-state index in [1.807, 2.05) is 13.8 Å². The van der Waals surface area contributed by atoms with Crippen molar-refractivity contribution in [1.82, 2.24) is 0 Å². The van der Waals surface area contributed by atoms with E-state index < -0.39 is 6.48 Å². The molecule has 0 bridgehead atoms. The number of ether oxygens (including phenoxy) is 2. The third-order valence-corrected chi connectivity index (χ3v) is 1.24. The van der Waals surface area contributed by atoms with Crippen molar-refractivity contribution in [3.8, 4) is 0 Å². The highest BCUT2D eigenvalue weighted by Gasteiger charge is 2.06. The molecule has 0 saturated carbocycles. The third-order valence-electron chi connectivity index (χ3n) is 1.24. The molecule has 0 heterocycles.